The molecule has 0 radical (unpaired) electrons. The highest BCUT2D eigenvalue weighted by Gasteiger charge is 2.42. The molecule has 2 rings (SSSR count). The van der Waals surface area contributed by atoms with E-state index in [9.17, 15) is 4.79 Å². The SMILES string of the molecule is CC(C)CC1NN(SC(Cl)(Cl)Cl)C(=O)N1c1cc(Cl)cc(Cl)c1. The molecule has 128 valence electrons. The minimum Gasteiger partial charge on any atom is -0.275 e. The van der Waals surface area contributed by atoms with Crippen LogP contribution in [-0.4, -0.2) is 19.7 Å². The number of halogens is 5. The summed E-state index contributed by atoms with van der Waals surface area (Å²) in [6.45, 7) is 4.11. The molecule has 4 nitrogen and oxygen atoms in total. The first-order valence-corrected chi connectivity index (χ1v) is 9.34. The van der Waals surface area contributed by atoms with Gasteiger partial charge in [-0.15, -0.1) is 0 Å². The van der Waals surface area contributed by atoms with E-state index in [0.717, 1.165) is 11.9 Å². The zero-order valence-electron chi connectivity index (χ0n) is 12.2. The number of nitrogens with one attached hydrogen (secondary N) is 1. The summed E-state index contributed by atoms with van der Waals surface area (Å²) >= 11 is 30.2. The van der Waals surface area contributed by atoms with Crippen molar-refractivity contribution in [2.75, 3.05) is 4.90 Å². The van der Waals surface area contributed by atoms with Crippen LogP contribution in [0.25, 0.3) is 0 Å². The summed E-state index contributed by atoms with van der Waals surface area (Å²) in [7, 11) is 0. The monoisotopic (exact) mass is 435 g/mol. The number of hydrogen-bond donors (Lipinski definition) is 1. The number of amides is 2. The quantitative estimate of drug-likeness (QED) is 0.457. The first-order chi connectivity index (χ1) is 10.6. The van der Waals surface area contributed by atoms with E-state index < -0.39 is 3.12 Å². The molecule has 1 unspecified atom stereocenters. The largest absolute Gasteiger partial charge is 0.350 e. The van der Waals surface area contributed by atoms with Crippen LogP contribution in [0.4, 0.5) is 10.5 Å². The molecule has 0 bridgehead atoms. The Balaban J connectivity index is 2.34. The molecule has 1 aliphatic rings. The molecule has 1 heterocycles. The fourth-order valence-electron chi connectivity index (χ4n) is 2.22. The van der Waals surface area contributed by atoms with E-state index in [1.54, 1.807) is 23.1 Å². The Morgan fingerprint density at radius 2 is 1.78 bits per heavy atom. The third kappa shape index (κ3) is 5.36. The Bertz CT molecular complexity index is 575. The van der Waals surface area contributed by atoms with E-state index in [1.165, 1.54) is 4.41 Å². The Labute approximate surface area is 164 Å². The number of urea groups is 1. The van der Waals surface area contributed by atoms with Crippen molar-refractivity contribution in [3.8, 4) is 0 Å². The van der Waals surface area contributed by atoms with Gasteiger partial charge in [0, 0.05) is 22.0 Å². The Kier molecular flexibility index (Phi) is 6.51. The second-order valence-electron chi connectivity index (χ2n) is 5.39. The van der Waals surface area contributed by atoms with Gasteiger partial charge in [-0.25, -0.2) is 4.79 Å². The van der Waals surface area contributed by atoms with Crippen LogP contribution in [0, 0.1) is 5.92 Å². The van der Waals surface area contributed by atoms with Crippen LogP contribution in [-0.2, 0) is 0 Å². The molecule has 2 amide bonds. The van der Waals surface area contributed by atoms with Crippen molar-refractivity contribution in [3.63, 3.8) is 0 Å². The summed E-state index contributed by atoms with van der Waals surface area (Å²) < 4.78 is -0.443. The average molecular weight is 438 g/mol. The van der Waals surface area contributed by atoms with Gasteiger partial charge in [-0.1, -0.05) is 71.9 Å². The number of anilines is 1. The van der Waals surface area contributed by atoms with E-state index in [2.05, 4.69) is 19.3 Å². The molecular weight excluding hydrogens is 423 g/mol. The highest BCUT2D eigenvalue weighted by molar-refractivity contribution is 8.03. The van der Waals surface area contributed by atoms with Crippen LogP contribution in [0.15, 0.2) is 18.2 Å². The van der Waals surface area contributed by atoms with Crippen LogP contribution in [0.5, 0.6) is 0 Å². The number of hydrazine groups is 1. The number of carbonyl (C=O) groups excluding carboxylic acids is 1. The smallest absolute Gasteiger partial charge is 0.275 e. The third-order valence-electron chi connectivity index (χ3n) is 2.97. The van der Waals surface area contributed by atoms with E-state index in [-0.39, 0.29) is 12.2 Å². The standard InChI is InChI=1S/C13H14Cl5N3OS/c1-7(2)3-11-19-21(23-13(16,17)18)12(22)20(11)10-5-8(14)4-9(15)6-10/h4-7,11,19H,3H2,1-2H3. The topological polar surface area (TPSA) is 35.6 Å². The van der Waals surface area contributed by atoms with Crippen molar-refractivity contribution >= 4 is 81.7 Å². The van der Waals surface area contributed by atoms with Gasteiger partial charge >= 0.3 is 6.03 Å². The van der Waals surface area contributed by atoms with Crippen molar-refractivity contribution in [1.29, 1.82) is 0 Å². The maximum Gasteiger partial charge on any atom is 0.350 e. The third-order valence-corrected chi connectivity index (χ3v) is 4.68. The van der Waals surface area contributed by atoms with E-state index in [0.29, 0.717) is 28.1 Å². The predicted molar refractivity (Wildman–Crippen MR) is 100 cm³/mol. The lowest BCUT2D eigenvalue weighted by atomic mass is 10.1. The van der Waals surface area contributed by atoms with Gasteiger partial charge in [0.05, 0.1) is 5.69 Å². The van der Waals surface area contributed by atoms with Gasteiger partial charge < -0.3 is 0 Å². The Morgan fingerprint density at radius 1 is 1.22 bits per heavy atom. The van der Waals surface area contributed by atoms with Crippen molar-refractivity contribution in [3.05, 3.63) is 28.2 Å². The fourth-order valence-corrected chi connectivity index (χ4v) is 3.90. The van der Waals surface area contributed by atoms with Crippen molar-refractivity contribution in [2.24, 2.45) is 5.92 Å². The molecular formula is C13H14Cl5N3OS. The van der Waals surface area contributed by atoms with Gasteiger partial charge in [0.25, 0.3) is 3.12 Å². The lowest BCUT2D eigenvalue weighted by molar-refractivity contribution is 0.236. The number of carbonyl (C=O) groups is 1. The molecule has 1 fully saturated rings. The number of benzene rings is 1. The van der Waals surface area contributed by atoms with Crippen LogP contribution in [0.1, 0.15) is 20.3 Å². The molecule has 0 spiro atoms. The number of hydrogen-bond acceptors (Lipinski definition) is 3. The number of rotatable bonds is 4. The molecule has 1 aromatic carbocycles. The van der Waals surface area contributed by atoms with Crippen LogP contribution in [0.3, 0.4) is 0 Å². The number of alkyl halides is 3. The highest BCUT2D eigenvalue weighted by atomic mass is 35.6. The predicted octanol–water partition coefficient (Wildman–Crippen LogP) is 6.09. The average Bonchev–Trinajstić information content (AvgIpc) is 2.61. The van der Waals surface area contributed by atoms with Crippen molar-refractivity contribution in [2.45, 2.75) is 29.6 Å². The molecule has 0 saturated carbocycles. The van der Waals surface area contributed by atoms with Crippen molar-refractivity contribution < 1.29 is 4.79 Å². The van der Waals surface area contributed by atoms with Crippen LogP contribution < -0.4 is 10.3 Å². The summed E-state index contributed by atoms with van der Waals surface area (Å²) in [4.78, 5) is 14.3. The Morgan fingerprint density at radius 3 is 2.26 bits per heavy atom. The Hall–Kier alpha value is 0.250. The maximum absolute atomic E-state index is 12.7. The number of nitrogens with zero attached hydrogens (tertiary/aromatic N) is 2. The summed E-state index contributed by atoms with van der Waals surface area (Å²) in [6, 6.07) is 4.59. The molecule has 0 aliphatic carbocycles. The molecule has 1 aliphatic heterocycles. The van der Waals surface area contributed by atoms with Crippen LogP contribution >= 0.6 is 70.0 Å². The second-order valence-corrected chi connectivity index (χ2v) is 10.4. The molecule has 1 N–H and O–H groups in total. The first-order valence-electron chi connectivity index (χ1n) is 6.68. The van der Waals surface area contributed by atoms with E-state index >= 15 is 0 Å². The second kappa shape index (κ2) is 7.65. The summed E-state index contributed by atoms with van der Waals surface area (Å²) in [6.07, 6.45) is 0.407. The molecule has 1 atom stereocenters. The molecule has 1 aromatic rings. The molecule has 1 saturated heterocycles. The van der Waals surface area contributed by atoms with Gasteiger partial charge in [0.15, 0.2) is 0 Å². The summed E-state index contributed by atoms with van der Waals surface area (Å²) in [5.41, 5.74) is 3.63. The van der Waals surface area contributed by atoms with Gasteiger partial charge in [-0.2, -0.15) is 9.84 Å². The lowest BCUT2D eigenvalue weighted by Gasteiger charge is -2.24. The highest BCUT2D eigenvalue weighted by Crippen LogP contribution is 2.43. The summed E-state index contributed by atoms with van der Waals surface area (Å²) in [5.74, 6) is 0.343. The summed E-state index contributed by atoms with van der Waals surface area (Å²) in [5, 5.41) is 0.882. The lowest BCUT2D eigenvalue weighted by Crippen LogP contribution is -2.38. The van der Waals surface area contributed by atoms with E-state index in [4.69, 9.17) is 58.0 Å². The molecule has 23 heavy (non-hydrogen) atoms. The van der Waals surface area contributed by atoms with E-state index in [1.807, 2.05) is 0 Å². The van der Waals surface area contributed by atoms with Gasteiger partial charge in [0.2, 0.25) is 0 Å². The van der Waals surface area contributed by atoms with Gasteiger partial charge in [-0.3, -0.25) is 4.90 Å². The van der Waals surface area contributed by atoms with Gasteiger partial charge in [0.1, 0.15) is 6.17 Å². The fraction of sp³-hybridized carbons (Fsp3) is 0.462. The zero-order chi connectivity index (χ0) is 17.4. The maximum atomic E-state index is 12.7. The van der Waals surface area contributed by atoms with Crippen LogP contribution in [0.2, 0.25) is 10.0 Å². The molecule has 10 heteroatoms. The normalized spacial score (nSPS) is 19.1. The minimum absolute atomic E-state index is 0.295. The van der Waals surface area contributed by atoms with Gasteiger partial charge in [-0.05, 0) is 30.5 Å². The zero-order valence-corrected chi connectivity index (χ0v) is 16.8. The molecule has 0 aromatic heterocycles. The first kappa shape index (κ1) is 19.6. The van der Waals surface area contributed by atoms with Crippen molar-refractivity contribution in [1.82, 2.24) is 9.84 Å². The minimum atomic E-state index is -1.66.